The molecule has 2 aliphatic heterocycles. The summed E-state index contributed by atoms with van der Waals surface area (Å²) in [6.07, 6.45) is 3.87. The molecule has 2 aliphatic rings. The number of imidazole rings is 1. The van der Waals surface area contributed by atoms with Crippen LogP contribution in [0.2, 0.25) is 0 Å². The molecule has 0 spiro atoms. The van der Waals surface area contributed by atoms with Crippen LogP contribution < -0.4 is 5.73 Å². The maximum absolute atomic E-state index is 13.0. The van der Waals surface area contributed by atoms with Crippen molar-refractivity contribution in [2.45, 2.75) is 31.0 Å². The van der Waals surface area contributed by atoms with E-state index in [-0.39, 0.29) is 19.0 Å². The molecule has 0 amide bonds. The molecule has 4 N–H and O–H groups in total. The Morgan fingerprint density at radius 1 is 1.33 bits per heavy atom. The molecule has 0 aromatic carbocycles. The second-order valence-electron chi connectivity index (χ2n) is 7.71. The number of fused-ring (bicyclic) bond motifs is 1. The zero-order chi connectivity index (χ0) is 23.2. The molecule has 1 saturated heterocycles. The molecule has 33 heavy (non-hydrogen) atoms. The van der Waals surface area contributed by atoms with Gasteiger partial charge in [-0.25, -0.2) is 19.5 Å². The van der Waals surface area contributed by atoms with Crippen molar-refractivity contribution in [3.8, 4) is 0 Å². The maximum Gasteiger partial charge on any atom is 0.530 e. The molecule has 0 saturated carbocycles. The highest BCUT2D eigenvalue weighted by Crippen LogP contribution is 2.55. The maximum atomic E-state index is 13.0. The molecule has 1 fully saturated rings. The minimum absolute atomic E-state index is 0.00546. The summed E-state index contributed by atoms with van der Waals surface area (Å²) < 4.78 is 36.4. The largest absolute Gasteiger partial charge is 0.530 e. The van der Waals surface area contributed by atoms with E-state index < -0.39 is 31.9 Å². The second-order valence-corrected chi connectivity index (χ2v) is 9.31. The lowest BCUT2D eigenvalue weighted by Crippen LogP contribution is -2.44. The first-order chi connectivity index (χ1) is 15.8. The van der Waals surface area contributed by atoms with Crippen molar-refractivity contribution in [2.24, 2.45) is 0 Å². The number of phosphoric acid groups is 1. The molecule has 5 rings (SSSR count). The van der Waals surface area contributed by atoms with Crippen molar-refractivity contribution < 1.29 is 33.1 Å². The van der Waals surface area contributed by atoms with Gasteiger partial charge < -0.3 is 25.2 Å². The lowest BCUT2D eigenvalue weighted by molar-refractivity contribution is -0.0950. The predicted molar refractivity (Wildman–Crippen MR) is 113 cm³/mol. The topological polar surface area (TPSA) is 177 Å². The standard InChI is InChI=1S/C19H21N6O7P/c1-19(27)15(26)13(31-18(19)25-10-24-14-16(20)22-9-23-17(14)25)8-30-33(28)29-7-4-12(32-33)11-2-5-21-6-3-11/h2-6,9-10,13,15,18,26-27H,7-8H2,1H3,(H2,20,22,23)/t13-,15-,18-,19-,33?/m1/s1. The number of rotatable bonds is 5. The van der Waals surface area contributed by atoms with E-state index in [1.54, 1.807) is 30.6 Å². The molecule has 13 nitrogen and oxygen atoms in total. The van der Waals surface area contributed by atoms with Crippen molar-refractivity contribution in [1.29, 1.82) is 0 Å². The van der Waals surface area contributed by atoms with E-state index in [4.69, 9.17) is 24.0 Å². The normalized spacial score (nSPS) is 32.0. The molecule has 14 heteroatoms. The number of nitrogen functional groups attached to an aromatic ring is 1. The van der Waals surface area contributed by atoms with E-state index in [1.165, 1.54) is 24.1 Å². The van der Waals surface area contributed by atoms with E-state index in [1.807, 2.05) is 0 Å². The van der Waals surface area contributed by atoms with E-state index in [0.717, 1.165) is 0 Å². The van der Waals surface area contributed by atoms with Gasteiger partial charge in [-0.3, -0.25) is 18.6 Å². The average Bonchev–Trinajstić information content (AvgIpc) is 3.33. The molecule has 174 valence electrons. The molecule has 1 unspecified atom stereocenters. The van der Waals surface area contributed by atoms with Gasteiger partial charge in [0.05, 0.1) is 19.5 Å². The number of hydrogen-bond donors (Lipinski definition) is 3. The molecule has 3 aromatic heterocycles. The van der Waals surface area contributed by atoms with Crippen LogP contribution in [0.5, 0.6) is 0 Å². The fourth-order valence-electron chi connectivity index (χ4n) is 3.72. The van der Waals surface area contributed by atoms with Gasteiger partial charge >= 0.3 is 7.82 Å². The van der Waals surface area contributed by atoms with Gasteiger partial charge in [0.2, 0.25) is 0 Å². The van der Waals surface area contributed by atoms with E-state index in [9.17, 15) is 14.8 Å². The molecule has 3 aromatic rings. The first-order valence-corrected chi connectivity index (χ1v) is 11.4. The smallest absolute Gasteiger partial charge is 0.404 e. The van der Waals surface area contributed by atoms with E-state index >= 15 is 0 Å². The molecule has 5 atom stereocenters. The first kappa shape index (κ1) is 21.9. The Morgan fingerprint density at radius 3 is 2.91 bits per heavy atom. The van der Waals surface area contributed by atoms with Gasteiger partial charge in [0, 0.05) is 18.0 Å². The number of aliphatic hydroxyl groups is 2. The summed E-state index contributed by atoms with van der Waals surface area (Å²) in [5, 5.41) is 21.7. The summed E-state index contributed by atoms with van der Waals surface area (Å²) in [4.78, 5) is 16.1. The monoisotopic (exact) mass is 476 g/mol. The Balaban J connectivity index is 1.32. The number of ether oxygens (including phenoxy) is 1. The van der Waals surface area contributed by atoms with Crippen molar-refractivity contribution in [3.63, 3.8) is 0 Å². The second kappa shape index (κ2) is 8.13. The fraction of sp³-hybridized carbons (Fsp3) is 0.368. The van der Waals surface area contributed by atoms with Gasteiger partial charge in [0.15, 0.2) is 17.7 Å². The summed E-state index contributed by atoms with van der Waals surface area (Å²) in [7, 11) is -4.00. The van der Waals surface area contributed by atoms with Crippen molar-refractivity contribution in [3.05, 3.63) is 48.8 Å². The van der Waals surface area contributed by atoms with Crippen LogP contribution in [0.3, 0.4) is 0 Å². The van der Waals surface area contributed by atoms with Gasteiger partial charge in [0.1, 0.15) is 35.4 Å². The van der Waals surface area contributed by atoms with Gasteiger partial charge in [-0.05, 0) is 25.1 Å². The van der Waals surface area contributed by atoms with Crippen LogP contribution in [0.4, 0.5) is 5.82 Å². The van der Waals surface area contributed by atoms with Crippen molar-refractivity contribution in [1.82, 2.24) is 24.5 Å². The van der Waals surface area contributed by atoms with Crippen molar-refractivity contribution in [2.75, 3.05) is 18.9 Å². The van der Waals surface area contributed by atoms with E-state index in [0.29, 0.717) is 22.5 Å². The minimum atomic E-state index is -4.00. The molecular weight excluding hydrogens is 455 g/mol. The zero-order valence-electron chi connectivity index (χ0n) is 17.4. The van der Waals surface area contributed by atoms with Crippen molar-refractivity contribution >= 4 is 30.6 Å². The average molecular weight is 476 g/mol. The number of pyridine rings is 1. The molecule has 0 bridgehead atoms. The summed E-state index contributed by atoms with van der Waals surface area (Å²) in [5.41, 5.74) is 5.37. The van der Waals surface area contributed by atoms with Crippen LogP contribution in [-0.4, -0.2) is 65.7 Å². The Hall–Kier alpha value is -2.93. The van der Waals surface area contributed by atoms with E-state index in [2.05, 4.69) is 19.9 Å². The fourth-order valence-corrected chi connectivity index (χ4v) is 4.91. The number of phosphoric ester groups is 1. The number of aromatic nitrogens is 5. The number of hydrogen-bond acceptors (Lipinski definition) is 12. The van der Waals surface area contributed by atoms with Gasteiger partial charge in [0.25, 0.3) is 0 Å². The SMILES string of the molecule is C[C@@]1(O)[C@H](O)[C@@H](COP2(=O)OCC=C(c3ccncc3)O2)O[C@H]1n1cnc2c(N)ncnc21. The predicted octanol–water partition coefficient (Wildman–Crippen LogP) is 1.03. The van der Waals surface area contributed by atoms with Crippen LogP contribution >= 0.6 is 7.82 Å². The Labute approximate surface area is 187 Å². The summed E-state index contributed by atoms with van der Waals surface area (Å²) >= 11 is 0. The van der Waals surface area contributed by atoms with Crippen LogP contribution in [0.25, 0.3) is 16.9 Å². The molecule has 5 heterocycles. The highest BCUT2D eigenvalue weighted by molar-refractivity contribution is 7.48. The molecule has 0 aliphatic carbocycles. The lowest BCUT2D eigenvalue weighted by Gasteiger charge is -2.27. The Morgan fingerprint density at radius 2 is 2.12 bits per heavy atom. The number of nitrogens with zero attached hydrogens (tertiary/aromatic N) is 5. The third-order valence-electron chi connectivity index (χ3n) is 5.47. The summed E-state index contributed by atoms with van der Waals surface area (Å²) in [5.74, 6) is 0.492. The summed E-state index contributed by atoms with van der Waals surface area (Å²) in [6, 6.07) is 3.39. The third-order valence-corrected chi connectivity index (χ3v) is 6.82. The lowest BCUT2D eigenvalue weighted by atomic mass is 9.96. The first-order valence-electron chi connectivity index (χ1n) is 9.97. The Kier molecular flexibility index (Phi) is 5.40. The molecular formula is C19H21N6O7P. The number of anilines is 1. The van der Waals surface area contributed by atoms with Gasteiger partial charge in [-0.15, -0.1) is 0 Å². The van der Waals surface area contributed by atoms with Crippen LogP contribution in [0.15, 0.2) is 43.3 Å². The van der Waals surface area contributed by atoms with Gasteiger partial charge in [-0.2, -0.15) is 0 Å². The van der Waals surface area contributed by atoms with Crippen LogP contribution in [0, 0.1) is 0 Å². The minimum Gasteiger partial charge on any atom is -0.404 e. The Bertz CT molecular complexity index is 1250. The third kappa shape index (κ3) is 3.88. The zero-order valence-corrected chi connectivity index (χ0v) is 18.3. The highest BCUT2D eigenvalue weighted by Gasteiger charge is 2.54. The quantitative estimate of drug-likeness (QED) is 0.446. The number of aliphatic hydroxyl groups excluding tert-OH is 1. The van der Waals surface area contributed by atoms with Gasteiger partial charge in [-0.1, -0.05) is 0 Å². The summed E-state index contributed by atoms with van der Waals surface area (Å²) in [6.45, 7) is 1.03. The van der Waals surface area contributed by atoms with Crippen LogP contribution in [0.1, 0.15) is 18.7 Å². The molecule has 0 radical (unpaired) electrons. The number of nitrogens with two attached hydrogens (primary N) is 1. The highest BCUT2D eigenvalue weighted by atomic mass is 31.2. The van der Waals surface area contributed by atoms with Crippen LogP contribution in [-0.2, 0) is 22.9 Å².